The van der Waals surface area contributed by atoms with Crippen LogP contribution in [0, 0.1) is 28.8 Å². The summed E-state index contributed by atoms with van der Waals surface area (Å²) in [5.41, 5.74) is 0.492. The molecular formula is C27H22F3N3O3S. The molecule has 0 saturated carbocycles. The first-order valence-electron chi connectivity index (χ1n) is 11.2. The van der Waals surface area contributed by atoms with Gasteiger partial charge >= 0.3 is 0 Å². The normalized spacial score (nSPS) is 12.2. The Kier molecular flexibility index (Phi) is 7.38. The Bertz CT molecular complexity index is 1590. The van der Waals surface area contributed by atoms with Crippen molar-refractivity contribution < 1.29 is 26.3 Å². The van der Waals surface area contributed by atoms with Crippen molar-refractivity contribution in [3.05, 3.63) is 107 Å². The molecule has 0 radical (unpaired) electrons. The molecule has 37 heavy (non-hydrogen) atoms. The number of benzene rings is 3. The van der Waals surface area contributed by atoms with E-state index in [-0.39, 0.29) is 33.0 Å². The number of nitrogens with zero attached hydrogens (tertiary/aromatic N) is 2. The van der Waals surface area contributed by atoms with Crippen LogP contribution in [0.2, 0.25) is 0 Å². The number of nitrogens with one attached hydrogen (secondary N) is 1. The number of hydrogen-bond donors (Lipinski definition) is 1. The summed E-state index contributed by atoms with van der Waals surface area (Å²) in [4.78, 5) is -0.125. The molecule has 0 saturated heterocycles. The topological polar surface area (TPSA) is 84.1 Å². The third kappa shape index (κ3) is 5.23. The Morgan fingerprint density at radius 1 is 1.00 bits per heavy atom. The van der Waals surface area contributed by atoms with Gasteiger partial charge in [0.05, 0.1) is 27.8 Å². The predicted molar refractivity (Wildman–Crippen MR) is 132 cm³/mol. The fourth-order valence-corrected chi connectivity index (χ4v) is 5.41. The molecule has 1 heterocycles. The van der Waals surface area contributed by atoms with Gasteiger partial charge in [0.1, 0.15) is 29.3 Å². The lowest BCUT2D eigenvalue weighted by atomic mass is 10.1. The highest BCUT2D eigenvalue weighted by Crippen LogP contribution is 2.33. The van der Waals surface area contributed by atoms with Gasteiger partial charge in [-0.05, 0) is 68.1 Å². The van der Waals surface area contributed by atoms with Crippen LogP contribution in [0.1, 0.15) is 29.7 Å². The Morgan fingerprint density at radius 3 is 2.35 bits per heavy atom. The monoisotopic (exact) mass is 525 g/mol. The van der Waals surface area contributed by atoms with Crippen LogP contribution < -0.4 is 10.1 Å². The molecular weight excluding hydrogens is 503 g/mol. The number of halogens is 3. The van der Waals surface area contributed by atoms with Gasteiger partial charge in [-0.1, -0.05) is 12.1 Å². The fourth-order valence-electron chi connectivity index (χ4n) is 3.97. The van der Waals surface area contributed by atoms with E-state index >= 15 is 4.39 Å². The maximum absolute atomic E-state index is 15.3. The standard InChI is InChI=1S/C27H22F3N3O3S/c1-17(27-23(28)7-4-8-24(27)29)36-20-9-10-22(25(30)13-20)26-12-19(15-32-2)16-33(26)37(34,35)21-6-3-5-18(11-21)14-31/h3-13,16-17,32H,15H2,1-2H3. The number of aromatic nitrogens is 1. The molecule has 4 aromatic rings. The van der Waals surface area contributed by atoms with Crippen LogP contribution in [0.15, 0.2) is 77.8 Å². The zero-order chi connectivity index (χ0) is 26.7. The molecule has 3 aromatic carbocycles. The average Bonchev–Trinajstić information content (AvgIpc) is 3.29. The van der Waals surface area contributed by atoms with E-state index in [1.165, 1.54) is 55.6 Å². The van der Waals surface area contributed by atoms with Gasteiger partial charge in [0.25, 0.3) is 10.0 Å². The van der Waals surface area contributed by atoms with Gasteiger partial charge < -0.3 is 10.1 Å². The van der Waals surface area contributed by atoms with E-state index in [2.05, 4.69) is 5.32 Å². The summed E-state index contributed by atoms with van der Waals surface area (Å²) >= 11 is 0. The van der Waals surface area contributed by atoms with Crippen molar-refractivity contribution in [1.29, 1.82) is 5.26 Å². The molecule has 0 spiro atoms. The Morgan fingerprint density at radius 2 is 1.70 bits per heavy atom. The molecule has 0 aliphatic rings. The second-order valence-electron chi connectivity index (χ2n) is 8.24. The van der Waals surface area contributed by atoms with Crippen LogP contribution in [0.5, 0.6) is 5.75 Å². The Labute approximate surface area is 212 Å². The third-order valence-corrected chi connectivity index (χ3v) is 7.35. The summed E-state index contributed by atoms with van der Waals surface area (Å²) in [7, 11) is -2.49. The molecule has 0 fully saturated rings. The number of nitriles is 1. The molecule has 1 N–H and O–H groups in total. The third-order valence-electron chi connectivity index (χ3n) is 5.68. The van der Waals surface area contributed by atoms with Gasteiger partial charge in [-0.15, -0.1) is 0 Å². The van der Waals surface area contributed by atoms with Crippen molar-refractivity contribution >= 4 is 10.0 Å². The van der Waals surface area contributed by atoms with Crippen molar-refractivity contribution in [2.75, 3.05) is 7.05 Å². The summed E-state index contributed by atoms with van der Waals surface area (Å²) in [6, 6.07) is 16.2. The summed E-state index contributed by atoms with van der Waals surface area (Å²) < 4.78 is 77.0. The molecule has 190 valence electrons. The van der Waals surface area contributed by atoms with Crippen LogP contribution in [-0.4, -0.2) is 19.4 Å². The highest BCUT2D eigenvalue weighted by atomic mass is 32.2. The number of hydrogen-bond acceptors (Lipinski definition) is 5. The average molecular weight is 526 g/mol. The van der Waals surface area contributed by atoms with Crippen LogP contribution in [0.25, 0.3) is 11.3 Å². The van der Waals surface area contributed by atoms with Gasteiger partial charge in [-0.2, -0.15) is 5.26 Å². The van der Waals surface area contributed by atoms with Crippen molar-refractivity contribution in [1.82, 2.24) is 9.29 Å². The highest BCUT2D eigenvalue weighted by Gasteiger charge is 2.24. The molecule has 0 aliphatic carbocycles. The lowest BCUT2D eigenvalue weighted by molar-refractivity contribution is 0.214. The minimum atomic E-state index is -4.18. The van der Waals surface area contributed by atoms with Crippen molar-refractivity contribution in [3.63, 3.8) is 0 Å². The van der Waals surface area contributed by atoms with Crippen molar-refractivity contribution in [3.8, 4) is 23.1 Å². The van der Waals surface area contributed by atoms with Gasteiger partial charge in [-0.3, -0.25) is 0 Å². The van der Waals surface area contributed by atoms with Crippen LogP contribution in [-0.2, 0) is 16.6 Å². The van der Waals surface area contributed by atoms with E-state index < -0.39 is 33.6 Å². The highest BCUT2D eigenvalue weighted by molar-refractivity contribution is 7.90. The number of rotatable bonds is 8. The van der Waals surface area contributed by atoms with E-state index in [0.717, 1.165) is 22.2 Å². The van der Waals surface area contributed by atoms with E-state index in [1.54, 1.807) is 13.1 Å². The van der Waals surface area contributed by atoms with Crippen LogP contribution in [0.4, 0.5) is 13.2 Å². The summed E-state index contributed by atoms with van der Waals surface area (Å²) in [5.74, 6) is -2.36. The van der Waals surface area contributed by atoms with E-state index in [1.807, 2.05) is 6.07 Å². The first-order valence-corrected chi connectivity index (χ1v) is 12.6. The fraction of sp³-hybridized carbons (Fsp3) is 0.148. The molecule has 0 aliphatic heterocycles. The van der Waals surface area contributed by atoms with Crippen molar-refractivity contribution in [2.24, 2.45) is 0 Å². The minimum absolute atomic E-state index is 0.00883. The summed E-state index contributed by atoms with van der Waals surface area (Å²) in [6.45, 7) is 1.76. The first-order chi connectivity index (χ1) is 17.6. The van der Waals surface area contributed by atoms with Gasteiger partial charge in [0.2, 0.25) is 0 Å². The maximum atomic E-state index is 15.3. The molecule has 4 rings (SSSR count). The largest absolute Gasteiger partial charge is 0.486 e. The minimum Gasteiger partial charge on any atom is -0.486 e. The molecule has 1 aromatic heterocycles. The zero-order valence-corrected chi connectivity index (χ0v) is 20.7. The van der Waals surface area contributed by atoms with Gasteiger partial charge in [0, 0.05) is 24.4 Å². The van der Waals surface area contributed by atoms with Crippen molar-refractivity contribution in [2.45, 2.75) is 24.5 Å². The molecule has 0 bridgehead atoms. The quantitative estimate of drug-likeness (QED) is 0.327. The smallest absolute Gasteiger partial charge is 0.268 e. The lowest BCUT2D eigenvalue weighted by Crippen LogP contribution is -2.14. The molecule has 10 heteroatoms. The van der Waals surface area contributed by atoms with Crippen LogP contribution >= 0.6 is 0 Å². The van der Waals surface area contributed by atoms with E-state index in [9.17, 15) is 17.2 Å². The second kappa shape index (κ2) is 10.5. The van der Waals surface area contributed by atoms with Crippen LogP contribution in [0.3, 0.4) is 0 Å². The molecule has 1 unspecified atom stereocenters. The van der Waals surface area contributed by atoms with Gasteiger partial charge in [-0.25, -0.2) is 25.6 Å². The predicted octanol–water partition coefficient (Wildman–Crippen LogP) is 5.54. The summed E-state index contributed by atoms with van der Waals surface area (Å²) in [5, 5.41) is 12.1. The molecule has 6 nitrogen and oxygen atoms in total. The molecule has 0 amide bonds. The Balaban J connectivity index is 1.74. The lowest BCUT2D eigenvalue weighted by Gasteiger charge is -2.17. The van der Waals surface area contributed by atoms with Gasteiger partial charge in [0.15, 0.2) is 0 Å². The summed E-state index contributed by atoms with van der Waals surface area (Å²) in [6.07, 6.45) is 0.331. The zero-order valence-electron chi connectivity index (χ0n) is 19.9. The number of ether oxygens (including phenoxy) is 1. The molecule has 1 atom stereocenters. The Hall–Kier alpha value is -4.07. The maximum Gasteiger partial charge on any atom is 0.268 e. The van der Waals surface area contributed by atoms with E-state index in [0.29, 0.717) is 12.1 Å². The SMILES string of the molecule is CNCc1cc(-c2ccc(OC(C)c3c(F)cccc3F)cc2F)n(S(=O)(=O)c2cccc(C#N)c2)c1. The van der Waals surface area contributed by atoms with E-state index in [4.69, 9.17) is 10.00 Å². The first kappa shape index (κ1) is 26.0. The second-order valence-corrected chi connectivity index (χ2v) is 10.1.